The number of ether oxygens (including phenoxy) is 4. The van der Waals surface area contributed by atoms with E-state index in [2.05, 4.69) is 0 Å². The summed E-state index contributed by atoms with van der Waals surface area (Å²) in [7, 11) is 0. The fraction of sp³-hybridized carbons (Fsp3) is 0.444. The van der Waals surface area contributed by atoms with Crippen LogP contribution in [0, 0.1) is 0 Å². The molecule has 15 heteroatoms. The smallest absolute Gasteiger partial charge is 0.239 e. The van der Waals surface area contributed by atoms with E-state index < -0.39 is 101 Å². The summed E-state index contributed by atoms with van der Waals surface area (Å²) in [6, 6.07) is 5.37. The van der Waals surface area contributed by atoms with Crippen LogP contribution in [0.25, 0.3) is 22.3 Å². The zero-order valence-electron chi connectivity index (χ0n) is 22.1. The molecule has 10 unspecified atom stereocenters. The SMILES string of the molecule is CC1OC(OC2C(Oc3c(-c4ccc(O)c(O)c4)oc4cc(O)cc(O)c4c3=O)OC(C)C(O)C2O)C(O)C(O)C1O. The summed E-state index contributed by atoms with van der Waals surface area (Å²) in [5, 5.41) is 91.9. The Kier molecular flexibility index (Phi) is 7.95. The fourth-order valence-corrected chi connectivity index (χ4v) is 4.87. The molecule has 2 aromatic carbocycles. The van der Waals surface area contributed by atoms with Crippen LogP contribution in [-0.2, 0) is 14.2 Å². The van der Waals surface area contributed by atoms with Gasteiger partial charge in [0.15, 0.2) is 29.7 Å². The second-order valence-electron chi connectivity index (χ2n) is 10.2. The minimum atomic E-state index is -1.80. The van der Waals surface area contributed by atoms with Gasteiger partial charge >= 0.3 is 0 Å². The van der Waals surface area contributed by atoms with Gasteiger partial charge in [-0.3, -0.25) is 4.79 Å². The number of aliphatic hydroxyl groups excluding tert-OH is 5. The quantitative estimate of drug-likeness (QED) is 0.166. The minimum absolute atomic E-state index is 0.000938. The molecule has 2 aliphatic rings. The van der Waals surface area contributed by atoms with Gasteiger partial charge in [-0.05, 0) is 32.0 Å². The van der Waals surface area contributed by atoms with E-state index >= 15 is 0 Å². The number of hydrogen-bond donors (Lipinski definition) is 9. The Morgan fingerprint density at radius 3 is 2.02 bits per heavy atom. The Labute approximate surface area is 236 Å². The fourth-order valence-electron chi connectivity index (χ4n) is 4.87. The maximum atomic E-state index is 13.7. The molecule has 0 amide bonds. The van der Waals surface area contributed by atoms with E-state index in [1.54, 1.807) is 0 Å². The number of aliphatic hydroxyl groups is 5. The predicted octanol–water partition coefficient (Wildman–Crippen LogP) is -0.660. The molecule has 0 radical (unpaired) electrons. The van der Waals surface area contributed by atoms with Crippen molar-refractivity contribution in [2.24, 2.45) is 0 Å². The standard InChI is InChI=1S/C27H30O15/c1-8-17(32)20(35)22(37)26(38-8)42-25-21(36)18(33)9(2)39-27(25)41-24-19(34)16-14(31)6-11(28)7-15(16)40-23(24)10-3-4-12(29)13(30)5-10/h3-9,17-18,20-22,25-33,35-37H,1-2H3. The summed E-state index contributed by atoms with van der Waals surface area (Å²) in [4.78, 5) is 13.7. The zero-order chi connectivity index (χ0) is 30.6. The Hall–Kier alpha value is -3.67. The topological polar surface area (TPSA) is 249 Å². The van der Waals surface area contributed by atoms with Crippen LogP contribution in [-0.4, -0.2) is 107 Å². The first kappa shape index (κ1) is 29.8. The Morgan fingerprint density at radius 2 is 1.36 bits per heavy atom. The Balaban J connectivity index is 1.61. The molecule has 1 aromatic heterocycles. The van der Waals surface area contributed by atoms with Gasteiger partial charge in [-0.1, -0.05) is 0 Å². The first-order valence-electron chi connectivity index (χ1n) is 12.9. The van der Waals surface area contributed by atoms with Crippen LogP contribution < -0.4 is 10.2 Å². The molecule has 15 nitrogen and oxygen atoms in total. The van der Waals surface area contributed by atoms with E-state index in [9.17, 15) is 50.8 Å². The highest BCUT2D eigenvalue weighted by Gasteiger charge is 2.50. The molecule has 5 rings (SSSR count). The lowest BCUT2D eigenvalue weighted by Gasteiger charge is -2.45. The highest BCUT2D eigenvalue weighted by atomic mass is 16.8. The molecule has 0 bridgehead atoms. The van der Waals surface area contributed by atoms with Crippen LogP contribution in [0.4, 0.5) is 0 Å². The Bertz CT molecular complexity index is 1520. The lowest BCUT2D eigenvalue weighted by Crippen LogP contribution is -2.63. The lowest BCUT2D eigenvalue weighted by atomic mass is 9.98. The van der Waals surface area contributed by atoms with Crippen molar-refractivity contribution in [3.8, 4) is 40.1 Å². The van der Waals surface area contributed by atoms with Crippen LogP contribution in [0.15, 0.2) is 39.5 Å². The van der Waals surface area contributed by atoms with Crippen molar-refractivity contribution >= 4 is 11.0 Å². The van der Waals surface area contributed by atoms with Crippen LogP contribution in [0.2, 0.25) is 0 Å². The number of rotatable bonds is 5. The summed E-state index contributed by atoms with van der Waals surface area (Å²) >= 11 is 0. The van der Waals surface area contributed by atoms with Gasteiger partial charge in [0.1, 0.15) is 53.0 Å². The van der Waals surface area contributed by atoms with Crippen molar-refractivity contribution in [3.05, 3.63) is 40.6 Å². The van der Waals surface area contributed by atoms with Crippen molar-refractivity contribution in [1.82, 2.24) is 0 Å². The summed E-state index contributed by atoms with van der Waals surface area (Å²) in [6.45, 7) is 2.80. The number of hydrogen-bond acceptors (Lipinski definition) is 15. The monoisotopic (exact) mass is 594 g/mol. The molecule has 0 aliphatic carbocycles. The number of benzene rings is 2. The molecular weight excluding hydrogens is 564 g/mol. The third kappa shape index (κ3) is 5.21. The summed E-state index contributed by atoms with van der Waals surface area (Å²) < 4.78 is 28.6. The van der Waals surface area contributed by atoms with E-state index in [0.717, 1.165) is 24.3 Å². The molecule has 3 aromatic rings. The molecular formula is C27H30O15. The van der Waals surface area contributed by atoms with Crippen molar-refractivity contribution < 1.29 is 69.3 Å². The second-order valence-corrected chi connectivity index (χ2v) is 10.2. The van der Waals surface area contributed by atoms with Crippen molar-refractivity contribution in [2.75, 3.05) is 0 Å². The van der Waals surface area contributed by atoms with E-state index in [4.69, 9.17) is 23.4 Å². The number of phenols is 4. The summed E-state index contributed by atoms with van der Waals surface area (Å²) in [5.41, 5.74) is -1.25. The average molecular weight is 595 g/mol. The molecule has 42 heavy (non-hydrogen) atoms. The van der Waals surface area contributed by atoms with Gasteiger partial charge in [0.2, 0.25) is 17.5 Å². The molecule has 0 spiro atoms. The van der Waals surface area contributed by atoms with Gasteiger partial charge in [0.05, 0.1) is 12.2 Å². The summed E-state index contributed by atoms with van der Waals surface area (Å²) in [5.74, 6) is -3.15. The van der Waals surface area contributed by atoms with Gasteiger partial charge < -0.3 is 69.3 Å². The molecule has 3 heterocycles. The van der Waals surface area contributed by atoms with Gasteiger partial charge in [-0.25, -0.2) is 0 Å². The van der Waals surface area contributed by atoms with Gasteiger partial charge in [0.25, 0.3) is 0 Å². The highest BCUT2D eigenvalue weighted by molar-refractivity contribution is 5.88. The highest BCUT2D eigenvalue weighted by Crippen LogP contribution is 2.40. The van der Waals surface area contributed by atoms with E-state index in [1.807, 2.05) is 0 Å². The number of phenolic OH excluding ortho intramolecular Hbond substituents is 4. The Morgan fingerprint density at radius 1 is 0.714 bits per heavy atom. The van der Waals surface area contributed by atoms with Crippen LogP contribution in [0.3, 0.4) is 0 Å². The zero-order valence-corrected chi connectivity index (χ0v) is 22.1. The molecule has 2 aliphatic heterocycles. The van der Waals surface area contributed by atoms with Gasteiger partial charge in [-0.15, -0.1) is 0 Å². The third-order valence-corrected chi connectivity index (χ3v) is 7.27. The molecule has 9 N–H and O–H groups in total. The largest absolute Gasteiger partial charge is 0.508 e. The number of fused-ring (bicyclic) bond motifs is 1. The molecule has 2 fully saturated rings. The van der Waals surface area contributed by atoms with Crippen molar-refractivity contribution in [3.63, 3.8) is 0 Å². The second kappa shape index (κ2) is 11.2. The molecule has 10 atom stereocenters. The maximum absolute atomic E-state index is 13.7. The molecule has 228 valence electrons. The van der Waals surface area contributed by atoms with Gasteiger partial charge in [0, 0.05) is 17.7 Å². The third-order valence-electron chi connectivity index (χ3n) is 7.27. The maximum Gasteiger partial charge on any atom is 0.239 e. The predicted molar refractivity (Wildman–Crippen MR) is 139 cm³/mol. The lowest BCUT2D eigenvalue weighted by molar-refractivity contribution is -0.352. The first-order valence-corrected chi connectivity index (χ1v) is 12.9. The summed E-state index contributed by atoms with van der Waals surface area (Å²) in [6.07, 6.45) is -15.4. The average Bonchev–Trinajstić information content (AvgIpc) is 2.93. The first-order chi connectivity index (χ1) is 19.8. The molecule has 2 saturated heterocycles. The van der Waals surface area contributed by atoms with Crippen LogP contribution >= 0.6 is 0 Å². The van der Waals surface area contributed by atoms with E-state index in [-0.39, 0.29) is 16.9 Å². The van der Waals surface area contributed by atoms with Crippen LogP contribution in [0.5, 0.6) is 28.7 Å². The van der Waals surface area contributed by atoms with Gasteiger partial charge in [-0.2, -0.15) is 0 Å². The molecule has 0 saturated carbocycles. The van der Waals surface area contributed by atoms with Crippen LogP contribution in [0.1, 0.15) is 13.8 Å². The normalized spacial score (nSPS) is 33.5. The minimum Gasteiger partial charge on any atom is -0.508 e. The van der Waals surface area contributed by atoms with E-state index in [1.165, 1.54) is 19.9 Å². The van der Waals surface area contributed by atoms with Crippen molar-refractivity contribution in [2.45, 2.75) is 75.3 Å². The number of aromatic hydroxyl groups is 4. The van der Waals surface area contributed by atoms with Crippen molar-refractivity contribution in [1.29, 1.82) is 0 Å². The van der Waals surface area contributed by atoms with E-state index in [0.29, 0.717) is 0 Å².